The molecular formula is C18H22N2O2. The predicted octanol–water partition coefficient (Wildman–Crippen LogP) is 1.56. The van der Waals surface area contributed by atoms with Gasteiger partial charge in [-0.2, -0.15) is 0 Å². The standard InChI is InChI=1S/C18H22N2O2/c1-20(18(22)17-11-15(21)12-19-17)10-9-14-7-4-6-13-5-2-3-8-16(13)14/h2-8,15,17,19,21H,9-12H2,1H3/t15-,17+/m1/s1. The highest BCUT2D eigenvalue weighted by Crippen LogP contribution is 2.19. The van der Waals surface area contributed by atoms with Gasteiger partial charge in [-0.25, -0.2) is 0 Å². The fourth-order valence-electron chi connectivity index (χ4n) is 3.08. The summed E-state index contributed by atoms with van der Waals surface area (Å²) in [6.07, 6.45) is 0.941. The molecule has 4 heteroatoms. The van der Waals surface area contributed by atoms with Crippen LogP contribution >= 0.6 is 0 Å². The Labute approximate surface area is 130 Å². The summed E-state index contributed by atoms with van der Waals surface area (Å²) in [4.78, 5) is 14.1. The molecule has 2 atom stereocenters. The van der Waals surface area contributed by atoms with Gasteiger partial charge in [0, 0.05) is 20.1 Å². The van der Waals surface area contributed by atoms with E-state index in [2.05, 4.69) is 35.6 Å². The van der Waals surface area contributed by atoms with Crippen molar-refractivity contribution < 1.29 is 9.90 Å². The Balaban J connectivity index is 1.65. The quantitative estimate of drug-likeness (QED) is 0.901. The van der Waals surface area contributed by atoms with Crippen molar-refractivity contribution in [2.45, 2.75) is 25.0 Å². The van der Waals surface area contributed by atoms with Crippen LogP contribution in [-0.2, 0) is 11.2 Å². The number of aliphatic hydroxyl groups excluding tert-OH is 1. The van der Waals surface area contributed by atoms with Gasteiger partial charge in [0.2, 0.25) is 5.91 Å². The molecule has 1 saturated heterocycles. The minimum Gasteiger partial charge on any atom is -0.392 e. The molecule has 116 valence electrons. The largest absolute Gasteiger partial charge is 0.392 e. The summed E-state index contributed by atoms with van der Waals surface area (Å²) in [6.45, 7) is 1.19. The number of amides is 1. The number of carbonyl (C=O) groups excluding carboxylic acids is 1. The molecule has 1 aliphatic rings. The van der Waals surface area contributed by atoms with Crippen LogP contribution in [-0.4, -0.2) is 48.2 Å². The number of nitrogens with zero attached hydrogens (tertiary/aromatic N) is 1. The first-order chi connectivity index (χ1) is 10.6. The highest BCUT2D eigenvalue weighted by Gasteiger charge is 2.29. The number of rotatable bonds is 4. The maximum absolute atomic E-state index is 12.3. The SMILES string of the molecule is CN(CCc1cccc2ccccc12)C(=O)[C@@H]1C[C@@H](O)CN1. The number of hydrogen-bond acceptors (Lipinski definition) is 3. The van der Waals surface area contributed by atoms with Crippen molar-refractivity contribution in [2.75, 3.05) is 20.1 Å². The third-order valence-corrected chi connectivity index (χ3v) is 4.38. The number of fused-ring (bicyclic) bond motifs is 1. The van der Waals surface area contributed by atoms with Crippen molar-refractivity contribution in [3.63, 3.8) is 0 Å². The summed E-state index contributed by atoms with van der Waals surface area (Å²) in [5, 5.41) is 15.1. The smallest absolute Gasteiger partial charge is 0.239 e. The molecule has 1 aliphatic heterocycles. The highest BCUT2D eigenvalue weighted by atomic mass is 16.3. The van der Waals surface area contributed by atoms with E-state index in [1.165, 1.54) is 16.3 Å². The minimum atomic E-state index is -0.402. The summed E-state index contributed by atoms with van der Waals surface area (Å²) >= 11 is 0. The van der Waals surface area contributed by atoms with Crippen LogP contribution in [0.15, 0.2) is 42.5 Å². The lowest BCUT2D eigenvalue weighted by molar-refractivity contribution is -0.131. The van der Waals surface area contributed by atoms with Crippen LogP contribution in [0.3, 0.4) is 0 Å². The van der Waals surface area contributed by atoms with E-state index >= 15 is 0 Å². The molecule has 1 fully saturated rings. The molecule has 0 bridgehead atoms. The van der Waals surface area contributed by atoms with Gasteiger partial charge < -0.3 is 15.3 Å². The van der Waals surface area contributed by atoms with Crippen molar-refractivity contribution in [3.05, 3.63) is 48.0 Å². The number of aliphatic hydroxyl groups is 1. The lowest BCUT2D eigenvalue weighted by Gasteiger charge is -2.21. The van der Waals surface area contributed by atoms with Gasteiger partial charge >= 0.3 is 0 Å². The van der Waals surface area contributed by atoms with Gasteiger partial charge in [0.15, 0.2) is 0 Å². The summed E-state index contributed by atoms with van der Waals surface area (Å²) in [6, 6.07) is 14.4. The summed E-state index contributed by atoms with van der Waals surface area (Å²) in [5.41, 5.74) is 1.26. The van der Waals surface area contributed by atoms with Gasteiger partial charge in [0.25, 0.3) is 0 Å². The van der Waals surface area contributed by atoms with Crippen LogP contribution in [0.1, 0.15) is 12.0 Å². The summed E-state index contributed by atoms with van der Waals surface area (Å²) in [7, 11) is 1.83. The van der Waals surface area contributed by atoms with Gasteiger partial charge in [-0.3, -0.25) is 4.79 Å². The highest BCUT2D eigenvalue weighted by molar-refractivity contribution is 5.86. The molecule has 0 radical (unpaired) electrons. The third kappa shape index (κ3) is 3.13. The van der Waals surface area contributed by atoms with Crippen LogP contribution in [0.4, 0.5) is 0 Å². The van der Waals surface area contributed by atoms with Crippen molar-refractivity contribution >= 4 is 16.7 Å². The van der Waals surface area contributed by atoms with Crippen molar-refractivity contribution in [3.8, 4) is 0 Å². The molecule has 0 aliphatic carbocycles. The van der Waals surface area contributed by atoms with Gasteiger partial charge in [0.05, 0.1) is 12.1 Å². The molecular weight excluding hydrogens is 276 g/mol. The Hall–Kier alpha value is -1.91. The molecule has 1 amide bonds. The number of nitrogens with one attached hydrogen (secondary N) is 1. The molecule has 0 unspecified atom stereocenters. The molecule has 2 aromatic carbocycles. The molecule has 2 aromatic rings. The number of hydrogen-bond donors (Lipinski definition) is 2. The van der Waals surface area contributed by atoms with Gasteiger partial charge in [0.1, 0.15) is 0 Å². The molecule has 22 heavy (non-hydrogen) atoms. The Morgan fingerprint density at radius 1 is 1.27 bits per heavy atom. The van der Waals surface area contributed by atoms with E-state index in [4.69, 9.17) is 0 Å². The normalized spacial score (nSPS) is 21.2. The number of likely N-dealkylation sites (N-methyl/N-ethyl adjacent to an activating group) is 1. The van der Waals surface area contributed by atoms with Crippen LogP contribution < -0.4 is 5.32 Å². The van der Waals surface area contributed by atoms with Crippen molar-refractivity contribution in [2.24, 2.45) is 0 Å². The fraction of sp³-hybridized carbons (Fsp3) is 0.389. The maximum Gasteiger partial charge on any atom is 0.239 e. The topological polar surface area (TPSA) is 52.6 Å². The van der Waals surface area contributed by atoms with Gasteiger partial charge in [-0.05, 0) is 29.2 Å². The first-order valence-corrected chi connectivity index (χ1v) is 7.78. The van der Waals surface area contributed by atoms with Gasteiger partial charge in [-0.15, -0.1) is 0 Å². The van der Waals surface area contributed by atoms with Gasteiger partial charge in [-0.1, -0.05) is 42.5 Å². The van der Waals surface area contributed by atoms with Crippen LogP contribution in [0.25, 0.3) is 10.8 Å². The first kappa shape index (κ1) is 15.0. The molecule has 0 spiro atoms. The second kappa shape index (κ2) is 6.46. The summed E-state index contributed by atoms with van der Waals surface area (Å²) < 4.78 is 0. The number of β-amino-alcohol motifs (C(OH)–C–C–N with tert-alkyl or cyclic N) is 1. The first-order valence-electron chi connectivity index (χ1n) is 7.78. The number of benzene rings is 2. The zero-order valence-electron chi connectivity index (χ0n) is 12.8. The maximum atomic E-state index is 12.3. The average Bonchev–Trinajstić information content (AvgIpc) is 2.98. The van der Waals surface area contributed by atoms with E-state index in [9.17, 15) is 9.90 Å². The minimum absolute atomic E-state index is 0.0665. The molecule has 2 N–H and O–H groups in total. The zero-order chi connectivity index (χ0) is 15.5. The molecule has 1 heterocycles. The molecule has 0 saturated carbocycles. The second-order valence-corrected chi connectivity index (χ2v) is 6.00. The van der Waals surface area contributed by atoms with E-state index in [0.29, 0.717) is 19.5 Å². The Kier molecular flexibility index (Phi) is 4.41. The second-order valence-electron chi connectivity index (χ2n) is 6.00. The van der Waals surface area contributed by atoms with Crippen LogP contribution in [0, 0.1) is 0 Å². The summed E-state index contributed by atoms with van der Waals surface area (Å²) in [5.74, 6) is 0.0665. The van der Waals surface area contributed by atoms with E-state index in [1.807, 2.05) is 19.2 Å². The zero-order valence-corrected chi connectivity index (χ0v) is 12.8. The monoisotopic (exact) mass is 298 g/mol. The van der Waals surface area contributed by atoms with Crippen molar-refractivity contribution in [1.29, 1.82) is 0 Å². The molecule has 0 aromatic heterocycles. The van der Waals surface area contributed by atoms with Crippen LogP contribution in [0.2, 0.25) is 0 Å². The number of carbonyl (C=O) groups is 1. The fourth-order valence-corrected chi connectivity index (χ4v) is 3.08. The third-order valence-electron chi connectivity index (χ3n) is 4.38. The lowest BCUT2D eigenvalue weighted by atomic mass is 10.0. The van der Waals surface area contributed by atoms with E-state index in [0.717, 1.165) is 6.42 Å². The van der Waals surface area contributed by atoms with Crippen molar-refractivity contribution in [1.82, 2.24) is 10.2 Å². The Bertz CT molecular complexity index is 666. The lowest BCUT2D eigenvalue weighted by Crippen LogP contribution is -2.42. The predicted molar refractivity (Wildman–Crippen MR) is 87.7 cm³/mol. The van der Waals surface area contributed by atoms with E-state index in [-0.39, 0.29) is 11.9 Å². The molecule has 4 nitrogen and oxygen atoms in total. The Morgan fingerprint density at radius 3 is 2.82 bits per heavy atom. The van der Waals surface area contributed by atoms with E-state index < -0.39 is 6.10 Å². The Morgan fingerprint density at radius 2 is 2.05 bits per heavy atom. The van der Waals surface area contributed by atoms with E-state index in [1.54, 1.807) is 4.90 Å². The molecule has 3 rings (SSSR count). The van der Waals surface area contributed by atoms with Crippen LogP contribution in [0.5, 0.6) is 0 Å². The average molecular weight is 298 g/mol.